The predicted octanol–water partition coefficient (Wildman–Crippen LogP) is 4.40. The Morgan fingerprint density at radius 3 is 2.42 bits per heavy atom. The molecule has 0 radical (unpaired) electrons. The van der Waals surface area contributed by atoms with Crippen molar-refractivity contribution < 1.29 is 10.2 Å². The van der Waals surface area contributed by atoms with Crippen LogP contribution in [0.4, 0.5) is 5.82 Å². The molecule has 1 atom stereocenters. The van der Waals surface area contributed by atoms with E-state index < -0.39 is 6.10 Å². The van der Waals surface area contributed by atoms with E-state index in [1.807, 2.05) is 0 Å². The third-order valence-electron chi connectivity index (χ3n) is 7.81. The summed E-state index contributed by atoms with van der Waals surface area (Å²) in [6.07, 6.45) is 4.45. The summed E-state index contributed by atoms with van der Waals surface area (Å²) in [7, 11) is 0. The van der Waals surface area contributed by atoms with E-state index in [9.17, 15) is 5.11 Å². The van der Waals surface area contributed by atoms with E-state index in [2.05, 4.69) is 74.3 Å². The standard InChI is InChI=1S/C28H41N3O2/c1-27(2)13-14-28(3,4)24-18-20(8-9-23(24)27)25-6-5-7-26(30-25)31-15-10-21(11-16-31)29-19-22(33)12-17-32/h5-9,18,21-22,29,32-33H,10-17,19H2,1-4H3/t22-/m0/s1. The van der Waals surface area contributed by atoms with Crippen LogP contribution in [-0.4, -0.2) is 53.6 Å². The Morgan fingerprint density at radius 2 is 1.73 bits per heavy atom. The molecule has 33 heavy (non-hydrogen) atoms. The first-order valence-electron chi connectivity index (χ1n) is 12.6. The van der Waals surface area contributed by atoms with Gasteiger partial charge in [-0.25, -0.2) is 4.98 Å². The average molecular weight is 452 g/mol. The van der Waals surface area contributed by atoms with Crippen molar-refractivity contribution in [1.29, 1.82) is 0 Å². The number of pyridine rings is 1. The van der Waals surface area contributed by atoms with Gasteiger partial charge in [0.15, 0.2) is 0 Å². The minimum absolute atomic E-state index is 0.0305. The highest BCUT2D eigenvalue weighted by atomic mass is 16.3. The second kappa shape index (κ2) is 9.73. The summed E-state index contributed by atoms with van der Waals surface area (Å²) in [5, 5.41) is 22.2. The Kier molecular flexibility index (Phi) is 7.13. The number of nitrogens with one attached hydrogen (secondary N) is 1. The maximum absolute atomic E-state index is 9.84. The second-order valence-corrected chi connectivity index (χ2v) is 11.2. The first-order valence-corrected chi connectivity index (χ1v) is 12.6. The molecule has 5 nitrogen and oxygen atoms in total. The van der Waals surface area contributed by atoms with Gasteiger partial charge in [0.1, 0.15) is 5.82 Å². The van der Waals surface area contributed by atoms with Crippen LogP contribution in [0.3, 0.4) is 0 Å². The third kappa shape index (κ3) is 5.42. The fourth-order valence-electron chi connectivity index (χ4n) is 5.37. The molecule has 0 spiro atoms. The molecule has 1 saturated heterocycles. The molecule has 1 aliphatic heterocycles. The fourth-order valence-corrected chi connectivity index (χ4v) is 5.37. The Balaban J connectivity index is 1.46. The molecule has 3 N–H and O–H groups in total. The van der Waals surface area contributed by atoms with Crippen LogP contribution in [0.1, 0.15) is 70.9 Å². The number of fused-ring (bicyclic) bond motifs is 1. The molecule has 0 saturated carbocycles. The Labute approximate surface area is 199 Å². The molecule has 1 fully saturated rings. The van der Waals surface area contributed by atoms with Crippen LogP contribution >= 0.6 is 0 Å². The van der Waals surface area contributed by atoms with Gasteiger partial charge in [-0.2, -0.15) is 0 Å². The lowest BCUT2D eigenvalue weighted by Crippen LogP contribution is -2.45. The molecule has 2 aromatic rings. The SMILES string of the molecule is CC1(C)CCC(C)(C)c2cc(-c3cccc(N4CCC(NC[C@@H](O)CCO)CC4)n3)ccc21. The van der Waals surface area contributed by atoms with Crippen molar-refractivity contribution in [3.63, 3.8) is 0 Å². The smallest absolute Gasteiger partial charge is 0.129 e. The lowest BCUT2D eigenvalue weighted by atomic mass is 9.63. The zero-order valence-corrected chi connectivity index (χ0v) is 20.8. The van der Waals surface area contributed by atoms with Gasteiger partial charge in [0.2, 0.25) is 0 Å². The van der Waals surface area contributed by atoms with Crippen LogP contribution in [0, 0.1) is 0 Å². The van der Waals surface area contributed by atoms with Gasteiger partial charge in [0.05, 0.1) is 11.8 Å². The molecule has 1 aromatic carbocycles. The van der Waals surface area contributed by atoms with Crippen molar-refractivity contribution in [2.24, 2.45) is 0 Å². The van der Waals surface area contributed by atoms with Crippen LogP contribution in [-0.2, 0) is 10.8 Å². The number of rotatable bonds is 7. The monoisotopic (exact) mass is 451 g/mol. The van der Waals surface area contributed by atoms with Crippen molar-refractivity contribution in [1.82, 2.24) is 10.3 Å². The van der Waals surface area contributed by atoms with Crippen LogP contribution in [0.15, 0.2) is 36.4 Å². The van der Waals surface area contributed by atoms with Gasteiger partial charge in [-0.3, -0.25) is 0 Å². The predicted molar refractivity (Wildman–Crippen MR) is 136 cm³/mol. The molecule has 2 aliphatic rings. The number of piperidine rings is 1. The number of nitrogens with zero attached hydrogens (tertiary/aromatic N) is 2. The minimum Gasteiger partial charge on any atom is -0.396 e. The molecule has 0 bridgehead atoms. The lowest BCUT2D eigenvalue weighted by molar-refractivity contribution is 0.126. The normalized spacial score (nSPS) is 21.0. The van der Waals surface area contributed by atoms with E-state index in [0.717, 1.165) is 37.4 Å². The Morgan fingerprint density at radius 1 is 1.03 bits per heavy atom. The summed E-state index contributed by atoms with van der Waals surface area (Å²) < 4.78 is 0. The highest BCUT2D eigenvalue weighted by Gasteiger charge is 2.37. The zero-order chi connectivity index (χ0) is 23.6. The maximum Gasteiger partial charge on any atom is 0.129 e. The molecule has 1 aromatic heterocycles. The number of aromatic nitrogens is 1. The highest BCUT2D eigenvalue weighted by molar-refractivity contribution is 5.65. The average Bonchev–Trinajstić information content (AvgIpc) is 2.81. The number of benzene rings is 1. The highest BCUT2D eigenvalue weighted by Crippen LogP contribution is 2.46. The van der Waals surface area contributed by atoms with Crippen molar-refractivity contribution in [2.75, 3.05) is 31.1 Å². The lowest BCUT2D eigenvalue weighted by Gasteiger charge is -2.42. The topological polar surface area (TPSA) is 68.6 Å². The summed E-state index contributed by atoms with van der Waals surface area (Å²) in [4.78, 5) is 7.43. The van der Waals surface area contributed by atoms with Crippen LogP contribution in [0.25, 0.3) is 11.3 Å². The second-order valence-electron chi connectivity index (χ2n) is 11.2. The van der Waals surface area contributed by atoms with E-state index in [0.29, 0.717) is 19.0 Å². The van der Waals surface area contributed by atoms with Gasteiger partial charge >= 0.3 is 0 Å². The maximum atomic E-state index is 9.84. The number of aliphatic hydroxyl groups is 2. The van der Waals surface area contributed by atoms with Gasteiger partial charge in [0, 0.05) is 37.8 Å². The van der Waals surface area contributed by atoms with Crippen molar-refractivity contribution in [3.05, 3.63) is 47.5 Å². The minimum atomic E-state index is -0.474. The fraction of sp³-hybridized carbons (Fsp3) is 0.607. The van der Waals surface area contributed by atoms with Crippen LogP contribution in [0.5, 0.6) is 0 Å². The van der Waals surface area contributed by atoms with Crippen LogP contribution < -0.4 is 10.2 Å². The molecular formula is C28H41N3O2. The van der Waals surface area contributed by atoms with Gasteiger partial charge in [0.25, 0.3) is 0 Å². The van der Waals surface area contributed by atoms with Gasteiger partial charge in [-0.15, -0.1) is 0 Å². The number of hydrogen-bond donors (Lipinski definition) is 3. The number of hydrogen-bond acceptors (Lipinski definition) is 5. The first-order chi connectivity index (χ1) is 15.7. The third-order valence-corrected chi connectivity index (χ3v) is 7.81. The van der Waals surface area contributed by atoms with E-state index in [1.165, 1.54) is 29.5 Å². The quantitative estimate of drug-likeness (QED) is 0.582. The molecule has 0 amide bonds. The molecule has 5 heteroatoms. The molecule has 2 heterocycles. The van der Waals surface area contributed by atoms with E-state index in [1.54, 1.807) is 0 Å². The van der Waals surface area contributed by atoms with Gasteiger partial charge in [-0.1, -0.05) is 45.9 Å². The van der Waals surface area contributed by atoms with Gasteiger partial charge < -0.3 is 20.4 Å². The van der Waals surface area contributed by atoms with E-state index >= 15 is 0 Å². The largest absolute Gasteiger partial charge is 0.396 e. The molecule has 180 valence electrons. The molecular weight excluding hydrogens is 410 g/mol. The van der Waals surface area contributed by atoms with E-state index in [4.69, 9.17) is 10.1 Å². The molecule has 0 unspecified atom stereocenters. The summed E-state index contributed by atoms with van der Waals surface area (Å²) in [5.74, 6) is 1.04. The zero-order valence-electron chi connectivity index (χ0n) is 20.8. The van der Waals surface area contributed by atoms with E-state index in [-0.39, 0.29) is 17.4 Å². The van der Waals surface area contributed by atoms with Crippen molar-refractivity contribution in [3.8, 4) is 11.3 Å². The number of anilines is 1. The Bertz CT molecular complexity index is 948. The Hall–Kier alpha value is -1.95. The number of aliphatic hydroxyl groups excluding tert-OH is 2. The summed E-state index contributed by atoms with van der Waals surface area (Å²) in [5.41, 5.74) is 5.62. The molecule has 4 rings (SSSR count). The van der Waals surface area contributed by atoms with Gasteiger partial charge in [-0.05, 0) is 72.3 Å². The summed E-state index contributed by atoms with van der Waals surface area (Å²) in [6, 6.07) is 13.8. The van der Waals surface area contributed by atoms with Crippen molar-refractivity contribution >= 4 is 5.82 Å². The van der Waals surface area contributed by atoms with Crippen molar-refractivity contribution in [2.45, 2.75) is 82.8 Å². The summed E-state index contributed by atoms with van der Waals surface area (Å²) in [6.45, 7) is 12.0. The first kappa shape index (κ1) is 24.2. The van der Waals surface area contributed by atoms with Crippen LogP contribution in [0.2, 0.25) is 0 Å². The summed E-state index contributed by atoms with van der Waals surface area (Å²) >= 11 is 0. The molecule has 1 aliphatic carbocycles.